The second kappa shape index (κ2) is 19.7. The molecule has 1 fully saturated rings. The summed E-state index contributed by atoms with van der Waals surface area (Å²) in [6, 6.07) is 26.2. The van der Waals surface area contributed by atoms with Crippen molar-refractivity contribution in [2.75, 3.05) is 26.9 Å². The number of hydrogen-bond donors (Lipinski definition) is 2. The van der Waals surface area contributed by atoms with E-state index in [9.17, 15) is 19.8 Å². The molecule has 0 bridgehead atoms. The van der Waals surface area contributed by atoms with E-state index in [1.807, 2.05) is 69.3 Å². The number of carbonyl (C=O) groups is 2. The Morgan fingerprint density at radius 2 is 1.69 bits per heavy atom. The van der Waals surface area contributed by atoms with Crippen molar-refractivity contribution in [3.8, 4) is 17.2 Å². The summed E-state index contributed by atoms with van der Waals surface area (Å²) in [6.07, 6.45) is 8.99. The lowest BCUT2D eigenvalue weighted by Crippen LogP contribution is -2.70. The molecule has 11 nitrogen and oxygen atoms in total. The fraction of sp³-hybridized carbons (Fsp3) is 0.431. The van der Waals surface area contributed by atoms with E-state index >= 15 is 0 Å². The van der Waals surface area contributed by atoms with Crippen LogP contribution in [0.1, 0.15) is 93.1 Å². The Labute approximate surface area is 365 Å². The van der Waals surface area contributed by atoms with Gasteiger partial charge in [0.25, 0.3) is 0 Å². The summed E-state index contributed by atoms with van der Waals surface area (Å²) in [5, 5.41) is 26.9. The number of carbonyl (C=O) groups excluding carboxylic acids is 2. The van der Waals surface area contributed by atoms with Gasteiger partial charge in [0.2, 0.25) is 5.79 Å². The molecule has 0 spiro atoms. The van der Waals surface area contributed by atoms with E-state index in [4.69, 9.17) is 28.9 Å². The molecular formula is C51H60N2O9. The number of aliphatic hydroxyl groups is 2. The number of rotatable bonds is 18. The number of amides is 1. The maximum absolute atomic E-state index is 14.5. The fourth-order valence-electron chi connectivity index (χ4n) is 9.72. The van der Waals surface area contributed by atoms with Crippen LogP contribution in [0.4, 0.5) is 4.79 Å². The van der Waals surface area contributed by atoms with E-state index in [0.29, 0.717) is 41.4 Å². The van der Waals surface area contributed by atoms with E-state index in [1.54, 1.807) is 29.2 Å². The molecule has 6 unspecified atom stereocenters. The standard InChI is InChI=1S/C51H60N2O9/c1-6-27-59-51-46(53(49(57)58-5)32-37-19-14-18-35-16-7-8-21-40(35)37)31-44(52-62-50(2,3)4)42-29-36(17-9-11-25-54)41(22-10-12-26-55)47(48(42)51)43-30-39(23-24-45(43)61-51)60-38-20-13-15-34(28-38)33-56/h6-8,13-16,18-21,23-24,28-30,33,36,41,46-48,54-55H,1,9-12,17,22,25-27,31-32H2,2-5H3. The largest absolute Gasteiger partial charge is 0.459 e. The summed E-state index contributed by atoms with van der Waals surface area (Å²) in [4.78, 5) is 34.1. The molecule has 2 aliphatic carbocycles. The van der Waals surface area contributed by atoms with Gasteiger partial charge in [0.1, 0.15) is 35.2 Å². The molecule has 4 aromatic carbocycles. The number of methoxy groups -OCH3 is 1. The third-order valence-corrected chi connectivity index (χ3v) is 12.3. The highest BCUT2D eigenvalue weighted by Crippen LogP contribution is 2.62. The van der Waals surface area contributed by atoms with Crippen LogP contribution in [0.25, 0.3) is 10.8 Å². The number of nitrogens with zero attached hydrogens (tertiary/aromatic N) is 2. The minimum Gasteiger partial charge on any atom is -0.459 e. The van der Waals surface area contributed by atoms with Gasteiger partial charge in [-0.05, 0) is 111 Å². The lowest BCUT2D eigenvalue weighted by molar-refractivity contribution is -0.256. The lowest BCUT2D eigenvalue weighted by Gasteiger charge is -2.60. The maximum Gasteiger partial charge on any atom is 0.410 e. The van der Waals surface area contributed by atoms with Crippen molar-refractivity contribution in [3.63, 3.8) is 0 Å². The number of aliphatic hydroxyl groups excluding tert-OH is 2. The van der Waals surface area contributed by atoms with Crippen molar-refractivity contribution in [1.29, 1.82) is 0 Å². The Kier molecular flexibility index (Phi) is 14.2. The zero-order chi connectivity index (χ0) is 43.9. The highest BCUT2D eigenvalue weighted by molar-refractivity contribution is 6.03. The summed E-state index contributed by atoms with van der Waals surface area (Å²) >= 11 is 0. The molecule has 1 amide bonds. The summed E-state index contributed by atoms with van der Waals surface area (Å²) in [7, 11) is 1.39. The molecule has 4 aromatic rings. The first-order chi connectivity index (χ1) is 30.0. The highest BCUT2D eigenvalue weighted by Gasteiger charge is 2.65. The van der Waals surface area contributed by atoms with Crippen LogP contribution in [0.5, 0.6) is 17.2 Å². The summed E-state index contributed by atoms with van der Waals surface area (Å²) in [6.45, 7) is 10.4. The minimum atomic E-state index is -1.47. The van der Waals surface area contributed by atoms with E-state index in [1.165, 1.54) is 7.11 Å². The Balaban J connectivity index is 1.48. The normalized spacial score (nSPS) is 23.4. The first-order valence-corrected chi connectivity index (χ1v) is 21.8. The number of allylic oxidation sites excluding steroid dienone is 1. The van der Waals surface area contributed by atoms with Gasteiger partial charge < -0.3 is 34.0 Å². The Bertz CT molecular complexity index is 2280. The van der Waals surface area contributed by atoms with Crippen molar-refractivity contribution in [1.82, 2.24) is 4.90 Å². The molecule has 3 aliphatic rings. The van der Waals surface area contributed by atoms with E-state index in [2.05, 4.69) is 30.9 Å². The first kappa shape index (κ1) is 44.6. The molecule has 328 valence electrons. The van der Waals surface area contributed by atoms with E-state index < -0.39 is 29.4 Å². The predicted molar refractivity (Wildman–Crippen MR) is 240 cm³/mol. The van der Waals surface area contributed by atoms with Crippen molar-refractivity contribution in [3.05, 3.63) is 126 Å². The van der Waals surface area contributed by atoms with Gasteiger partial charge in [-0.2, -0.15) is 0 Å². The number of ether oxygens (including phenoxy) is 4. The molecule has 1 aliphatic heterocycles. The quantitative estimate of drug-likeness (QED) is 0.0434. The van der Waals surface area contributed by atoms with Crippen molar-refractivity contribution < 1.29 is 43.6 Å². The molecule has 6 atom stereocenters. The zero-order valence-corrected chi connectivity index (χ0v) is 36.3. The van der Waals surface area contributed by atoms with Crippen molar-refractivity contribution >= 4 is 28.9 Å². The Hall–Kier alpha value is -5.49. The molecule has 2 N–H and O–H groups in total. The van der Waals surface area contributed by atoms with E-state index in [0.717, 1.165) is 59.4 Å². The molecule has 62 heavy (non-hydrogen) atoms. The van der Waals surface area contributed by atoms with Gasteiger partial charge in [0, 0.05) is 36.7 Å². The van der Waals surface area contributed by atoms with Crippen LogP contribution in [0, 0.1) is 17.8 Å². The number of benzene rings is 4. The minimum absolute atomic E-state index is 0.0187. The van der Waals surface area contributed by atoms with Crippen LogP contribution in [-0.4, -0.2) is 77.6 Å². The van der Waals surface area contributed by atoms with Gasteiger partial charge in [-0.15, -0.1) is 6.58 Å². The van der Waals surface area contributed by atoms with Crippen LogP contribution in [0.15, 0.2) is 114 Å². The molecule has 0 saturated heterocycles. The highest BCUT2D eigenvalue weighted by atomic mass is 16.7. The summed E-state index contributed by atoms with van der Waals surface area (Å²) in [5.74, 6) is -0.483. The van der Waals surface area contributed by atoms with Crippen molar-refractivity contribution in [2.45, 2.75) is 95.6 Å². The SMILES string of the molecule is C=CCOC12Oc3ccc(Oc4cccc(C=O)c4)cc3C3C(CCCCO)C(CCCCO)C=C(C(=NOC(C)(C)C)CC1N(Cc1cccc4ccccc14)C(=O)OC)C32. The first-order valence-electron chi connectivity index (χ1n) is 21.8. The maximum atomic E-state index is 14.5. The lowest BCUT2D eigenvalue weighted by atomic mass is 9.55. The monoisotopic (exact) mass is 844 g/mol. The van der Waals surface area contributed by atoms with E-state index in [-0.39, 0.29) is 50.5 Å². The third-order valence-electron chi connectivity index (χ3n) is 12.3. The zero-order valence-electron chi connectivity index (χ0n) is 36.3. The van der Waals surface area contributed by atoms with Gasteiger partial charge in [-0.25, -0.2) is 4.79 Å². The van der Waals surface area contributed by atoms with Crippen LogP contribution >= 0.6 is 0 Å². The molecular weight excluding hydrogens is 785 g/mol. The summed E-state index contributed by atoms with van der Waals surface area (Å²) < 4.78 is 26.6. The number of aldehydes is 1. The topological polar surface area (TPSA) is 136 Å². The second-order valence-corrected chi connectivity index (χ2v) is 17.5. The van der Waals surface area contributed by atoms with Crippen LogP contribution in [0.2, 0.25) is 0 Å². The van der Waals surface area contributed by atoms with Crippen molar-refractivity contribution in [2.24, 2.45) is 22.9 Å². The number of hydrogen-bond acceptors (Lipinski definition) is 10. The molecule has 1 saturated carbocycles. The van der Waals surface area contributed by atoms with Gasteiger partial charge in [0.05, 0.1) is 31.9 Å². The molecule has 0 radical (unpaired) electrons. The smallest absolute Gasteiger partial charge is 0.410 e. The van der Waals surface area contributed by atoms with Crippen LogP contribution < -0.4 is 9.47 Å². The van der Waals surface area contributed by atoms with Gasteiger partial charge >= 0.3 is 6.09 Å². The predicted octanol–water partition coefficient (Wildman–Crippen LogP) is 10.1. The second-order valence-electron chi connectivity index (χ2n) is 17.5. The van der Waals surface area contributed by atoms with Gasteiger partial charge in [-0.3, -0.25) is 9.69 Å². The Morgan fingerprint density at radius 3 is 2.44 bits per heavy atom. The fourth-order valence-corrected chi connectivity index (χ4v) is 9.72. The van der Waals surface area contributed by atoms with Gasteiger partial charge in [-0.1, -0.05) is 84.7 Å². The van der Waals surface area contributed by atoms with Crippen LogP contribution in [-0.2, 0) is 20.9 Å². The average Bonchev–Trinajstić information content (AvgIpc) is 3.27. The third kappa shape index (κ3) is 9.45. The van der Waals surface area contributed by atoms with Crippen LogP contribution in [0.3, 0.4) is 0 Å². The molecule has 7 rings (SSSR count). The molecule has 11 heteroatoms. The number of unbranched alkanes of at least 4 members (excludes halogenated alkanes) is 2. The Morgan fingerprint density at radius 1 is 0.952 bits per heavy atom. The molecule has 0 aromatic heterocycles. The average molecular weight is 845 g/mol. The molecule has 1 heterocycles. The number of fused-ring (bicyclic) bond motifs is 3. The number of oxime groups is 1. The summed E-state index contributed by atoms with van der Waals surface area (Å²) in [5.41, 5.74) is 3.35. The van der Waals surface area contributed by atoms with Gasteiger partial charge in [0.15, 0.2) is 0 Å².